The zero-order valence-corrected chi connectivity index (χ0v) is 19.3. The van der Waals surface area contributed by atoms with E-state index in [0.29, 0.717) is 0 Å². The van der Waals surface area contributed by atoms with Crippen molar-refractivity contribution < 1.29 is 46.5 Å². The summed E-state index contributed by atoms with van der Waals surface area (Å²) in [5.41, 5.74) is 4.61. The maximum Gasteiger partial charge on any atom is 4.00 e. The third kappa shape index (κ3) is 12.2. The predicted molar refractivity (Wildman–Crippen MR) is 87.5 cm³/mol. The Morgan fingerprint density at radius 3 is 1.18 bits per heavy atom. The van der Waals surface area contributed by atoms with Gasteiger partial charge in [0.1, 0.15) is 0 Å². The largest absolute Gasteiger partial charge is 4.00 e. The monoisotopic (exact) mass is 381 g/mol. The first-order valence-electron chi connectivity index (χ1n) is 7.20. The van der Waals surface area contributed by atoms with E-state index >= 15 is 0 Å². The van der Waals surface area contributed by atoms with E-state index in [0.717, 1.165) is 0 Å². The molecule has 0 saturated carbocycles. The number of halogens is 2. The van der Waals surface area contributed by atoms with Crippen LogP contribution in [0.15, 0.2) is 16.7 Å². The molecule has 0 aromatic heterocycles. The fourth-order valence-electron chi connectivity index (χ4n) is 2.41. The van der Waals surface area contributed by atoms with Gasteiger partial charge in [-0.05, 0) is 0 Å². The molecule has 0 unspecified atom stereocenters. The van der Waals surface area contributed by atoms with Gasteiger partial charge < -0.3 is 30.1 Å². The molecule has 0 atom stereocenters. The van der Waals surface area contributed by atoms with E-state index in [2.05, 4.69) is 87.6 Å². The molecule has 0 aromatic rings. The third-order valence-electron chi connectivity index (χ3n) is 3.23. The minimum atomic E-state index is 0. The van der Waals surface area contributed by atoms with Crippen molar-refractivity contribution in [2.24, 2.45) is 5.41 Å². The van der Waals surface area contributed by atoms with E-state index in [1.807, 2.05) is 0 Å². The molecule has 4 heteroatoms. The Labute approximate surface area is 166 Å². The van der Waals surface area contributed by atoms with Gasteiger partial charge in [0.05, 0.1) is 0 Å². The van der Waals surface area contributed by atoms with Crippen LogP contribution in [0, 0.1) is 11.5 Å². The first kappa shape index (κ1) is 30.6. The number of hydrogen-bond acceptors (Lipinski definition) is 0. The van der Waals surface area contributed by atoms with Crippen molar-refractivity contribution in [3.63, 3.8) is 0 Å². The summed E-state index contributed by atoms with van der Waals surface area (Å²) in [4.78, 5) is 0. The Morgan fingerprint density at radius 1 is 0.818 bits per heavy atom. The van der Waals surface area contributed by atoms with E-state index in [1.165, 1.54) is 16.7 Å². The Balaban J connectivity index is -0.000000130. The van der Waals surface area contributed by atoms with Gasteiger partial charge in [0, 0.05) is 0 Å². The Bertz CT molecular complexity index is 371. The van der Waals surface area contributed by atoms with Gasteiger partial charge in [-0.15, -0.1) is 18.0 Å². The van der Waals surface area contributed by atoms with Crippen molar-refractivity contribution in [3.8, 4) is 0 Å². The average Bonchev–Trinajstić information content (AvgIpc) is 2.24. The SMILES string of the molecule is CC(C)(C)[N-]C(C)(C)C.CC1=[C-]C(C)(C)C(C)=C1C.[Cl-].[Cl-].[Ti+4]. The molecule has 128 valence electrons. The van der Waals surface area contributed by atoms with Gasteiger partial charge in [-0.25, -0.2) is 5.57 Å². The molecule has 0 radical (unpaired) electrons. The number of nitrogens with zero attached hydrogens (tertiary/aromatic N) is 1. The summed E-state index contributed by atoms with van der Waals surface area (Å²) in [7, 11) is 0. The van der Waals surface area contributed by atoms with Crippen LogP contribution in [0.25, 0.3) is 5.32 Å². The molecule has 0 bridgehead atoms. The van der Waals surface area contributed by atoms with Gasteiger partial charge >= 0.3 is 21.7 Å². The zero-order chi connectivity index (χ0) is 15.6. The maximum atomic E-state index is 4.54. The molecule has 0 spiro atoms. The maximum absolute atomic E-state index is 4.54. The van der Waals surface area contributed by atoms with Crippen LogP contribution in [0.3, 0.4) is 0 Å². The Kier molecular flexibility index (Phi) is 14.7. The second-order valence-electron chi connectivity index (χ2n) is 8.08. The molecular formula is C18H33Cl2NTi. The topological polar surface area (TPSA) is 14.1 Å². The van der Waals surface area contributed by atoms with Crippen molar-refractivity contribution in [2.45, 2.75) is 87.2 Å². The van der Waals surface area contributed by atoms with E-state index in [1.54, 1.807) is 0 Å². The molecule has 1 aliphatic carbocycles. The second-order valence-corrected chi connectivity index (χ2v) is 8.08. The predicted octanol–water partition coefficient (Wildman–Crippen LogP) is 0.0747. The summed E-state index contributed by atoms with van der Waals surface area (Å²) < 4.78 is 0. The van der Waals surface area contributed by atoms with Crippen LogP contribution in [0.5, 0.6) is 0 Å². The van der Waals surface area contributed by atoms with Crippen LogP contribution in [0.4, 0.5) is 0 Å². The molecule has 0 aliphatic heterocycles. The minimum Gasteiger partial charge on any atom is -1.00 e. The summed E-state index contributed by atoms with van der Waals surface area (Å²) in [5.74, 6) is 0. The zero-order valence-electron chi connectivity index (χ0n) is 16.2. The molecule has 22 heavy (non-hydrogen) atoms. The molecule has 1 nitrogen and oxygen atoms in total. The number of rotatable bonds is 0. The van der Waals surface area contributed by atoms with E-state index in [9.17, 15) is 0 Å². The van der Waals surface area contributed by atoms with E-state index < -0.39 is 0 Å². The van der Waals surface area contributed by atoms with Crippen molar-refractivity contribution in [1.29, 1.82) is 0 Å². The summed E-state index contributed by atoms with van der Waals surface area (Å²) in [5, 5.41) is 4.54. The van der Waals surface area contributed by atoms with Crippen LogP contribution in [-0.4, -0.2) is 11.1 Å². The minimum absolute atomic E-state index is 0. The molecule has 0 aromatic carbocycles. The number of allylic oxidation sites excluding steroid dienone is 4. The summed E-state index contributed by atoms with van der Waals surface area (Å²) in [6.45, 7) is 23.7. The van der Waals surface area contributed by atoms with Crippen LogP contribution in [0.1, 0.15) is 76.2 Å². The molecular weight excluding hydrogens is 349 g/mol. The van der Waals surface area contributed by atoms with Gasteiger partial charge in [-0.3, -0.25) is 6.08 Å². The smallest absolute Gasteiger partial charge is 1.00 e. The van der Waals surface area contributed by atoms with Gasteiger partial charge in [-0.1, -0.05) is 74.7 Å². The first-order valence-corrected chi connectivity index (χ1v) is 7.20. The summed E-state index contributed by atoms with van der Waals surface area (Å²) in [6.07, 6.45) is 3.44. The number of hydrogen-bond donors (Lipinski definition) is 0. The standard InChI is InChI=1S/C10H15.C8H18N.2ClH.Ti/c1-7-6-10(4,5)9(3)8(7)2;1-7(2,3)9-8(4,5)6;;;/h1-5H3;1-6H3;2*1H;/q2*-1;;;+4/p-2. The van der Waals surface area contributed by atoms with Gasteiger partial charge in [-0.2, -0.15) is 11.1 Å². The van der Waals surface area contributed by atoms with Crippen LogP contribution < -0.4 is 24.8 Å². The van der Waals surface area contributed by atoms with Crippen LogP contribution >= 0.6 is 0 Å². The van der Waals surface area contributed by atoms with E-state index in [-0.39, 0.29) is 63.0 Å². The van der Waals surface area contributed by atoms with Crippen molar-refractivity contribution >= 4 is 0 Å². The second kappa shape index (κ2) is 10.6. The average molecular weight is 382 g/mol. The fourth-order valence-corrected chi connectivity index (χ4v) is 2.41. The first-order chi connectivity index (χ1) is 8.16. The van der Waals surface area contributed by atoms with Crippen LogP contribution in [-0.2, 0) is 21.7 Å². The van der Waals surface area contributed by atoms with Gasteiger partial charge in [0.25, 0.3) is 0 Å². The fraction of sp³-hybridized carbons (Fsp3) is 0.778. The molecule has 0 N–H and O–H groups in total. The van der Waals surface area contributed by atoms with Crippen LogP contribution in [0.2, 0.25) is 0 Å². The van der Waals surface area contributed by atoms with E-state index in [4.69, 9.17) is 0 Å². The quantitative estimate of drug-likeness (QED) is 0.416. The molecule has 0 amide bonds. The molecule has 0 fully saturated rings. The molecule has 0 saturated heterocycles. The summed E-state index contributed by atoms with van der Waals surface area (Å²) >= 11 is 0. The summed E-state index contributed by atoms with van der Waals surface area (Å²) in [6, 6.07) is 0. The van der Waals surface area contributed by atoms with Crippen molar-refractivity contribution in [2.75, 3.05) is 0 Å². The Morgan fingerprint density at radius 2 is 1.14 bits per heavy atom. The molecule has 1 aliphatic rings. The Hall–Kier alpha value is 0.734. The normalized spacial score (nSPS) is 16.4. The van der Waals surface area contributed by atoms with Gasteiger partial charge in [0.2, 0.25) is 0 Å². The van der Waals surface area contributed by atoms with Crippen molar-refractivity contribution in [3.05, 3.63) is 28.1 Å². The molecule has 1 rings (SSSR count). The molecule has 0 heterocycles. The van der Waals surface area contributed by atoms with Crippen molar-refractivity contribution in [1.82, 2.24) is 0 Å². The van der Waals surface area contributed by atoms with Gasteiger partial charge in [0.15, 0.2) is 0 Å². The third-order valence-corrected chi connectivity index (χ3v) is 3.23.